The number of hydrogen-bond acceptors (Lipinski definition) is 8. The van der Waals surface area contributed by atoms with Crippen LogP contribution in [0.15, 0.2) is 0 Å². The summed E-state index contributed by atoms with van der Waals surface area (Å²) >= 11 is 0. The highest BCUT2D eigenvalue weighted by molar-refractivity contribution is 5.07. The minimum atomic E-state index is -1.71. The van der Waals surface area contributed by atoms with Gasteiger partial charge in [0.25, 0.3) is 0 Å². The molecule has 0 bridgehead atoms. The Labute approximate surface area is 98.0 Å². The van der Waals surface area contributed by atoms with Crippen LogP contribution in [-0.2, 0) is 0 Å². The number of rotatable bonds is 4. The zero-order valence-corrected chi connectivity index (χ0v) is 9.22. The molecule has 1 rings (SSSR count). The molecule has 8 nitrogen and oxygen atoms in total. The number of aliphatic hydroxyl groups excluding tert-OH is 7. The first-order valence-electron chi connectivity index (χ1n) is 5.28. The second-order valence-corrected chi connectivity index (χ2v) is 4.18. The van der Waals surface area contributed by atoms with Gasteiger partial charge in [-0.05, 0) is 0 Å². The van der Waals surface area contributed by atoms with Crippen molar-refractivity contribution in [2.75, 3.05) is 26.4 Å². The van der Waals surface area contributed by atoms with Crippen molar-refractivity contribution in [3.63, 3.8) is 0 Å². The summed E-state index contributed by atoms with van der Waals surface area (Å²) in [5.41, 5.74) is -1.71. The zero-order chi connectivity index (χ0) is 13.2. The highest BCUT2D eigenvalue weighted by Gasteiger charge is 2.56. The van der Waals surface area contributed by atoms with Gasteiger partial charge in [0.2, 0.25) is 0 Å². The van der Waals surface area contributed by atoms with E-state index in [1.807, 2.05) is 0 Å². The highest BCUT2D eigenvalue weighted by Crippen LogP contribution is 2.31. The lowest BCUT2D eigenvalue weighted by molar-refractivity contribution is -0.265. The third kappa shape index (κ3) is 2.18. The molecule has 0 radical (unpaired) electrons. The van der Waals surface area contributed by atoms with Crippen LogP contribution in [-0.4, -0.2) is 97.1 Å². The molecule has 0 spiro atoms. The molecular formula is C9H19NO7. The summed E-state index contributed by atoms with van der Waals surface area (Å²) in [6, 6.07) is 0. The Morgan fingerprint density at radius 1 is 0.882 bits per heavy atom. The van der Waals surface area contributed by atoms with Crippen LogP contribution in [0.2, 0.25) is 0 Å². The van der Waals surface area contributed by atoms with Crippen molar-refractivity contribution in [3.8, 4) is 0 Å². The van der Waals surface area contributed by atoms with E-state index in [-0.39, 0.29) is 6.54 Å². The van der Waals surface area contributed by atoms with Crippen LogP contribution in [0.3, 0.4) is 0 Å². The Hall–Kier alpha value is -0.320. The minimum Gasteiger partial charge on any atom is -0.395 e. The van der Waals surface area contributed by atoms with Gasteiger partial charge in [0.1, 0.15) is 24.5 Å². The number of aliphatic hydroxyl groups is 7. The molecule has 7 N–H and O–H groups in total. The van der Waals surface area contributed by atoms with E-state index in [4.69, 9.17) is 5.11 Å². The molecule has 4 atom stereocenters. The van der Waals surface area contributed by atoms with Gasteiger partial charge < -0.3 is 35.7 Å². The smallest absolute Gasteiger partial charge is 0.137 e. The molecule has 0 aromatic rings. The van der Waals surface area contributed by atoms with Crippen LogP contribution < -0.4 is 0 Å². The first-order valence-corrected chi connectivity index (χ1v) is 5.28. The first-order chi connectivity index (χ1) is 7.96. The van der Waals surface area contributed by atoms with Gasteiger partial charge in [-0.2, -0.15) is 0 Å². The average molecular weight is 253 g/mol. The Morgan fingerprint density at radius 2 is 1.41 bits per heavy atom. The van der Waals surface area contributed by atoms with Gasteiger partial charge in [0, 0.05) is 6.54 Å². The van der Waals surface area contributed by atoms with Gasteiger partial charge in [0.15, 0.2) is 0 Å². The molecule has 0 aliphatic carbocycles. The molecule has 102 valence electrons. The predicted molar refractivity (Wildman–Crippen MR) is 54.7 cm³/mol. The molecule has 0 aromatic carbocycles. The van der Waals surface area contributed by atoms with Crippen molar-refractivity contribution in [1.29, 1.82) is 0 Å². The molecule has 17 heavy (non-hydrogen) atoms. The van der Waals surface area contributed by atoms with Gasteiger partial charge >= 0.3 is 0 Å². The Morgan fingerprint density at radius 3 is 1.82 bits per heavy atom. The quantitative estimate of drug-likeness (QED) is 0.265. The van der Waals surface area contributed by atoms with Crippen LogP contribution in [0.4, 0.5) is 0 Å². The number of likely N-dealkylation sites (tertiary alicyclic amines) is 1. The first kappa shape index (κ1) is 14.7. The third-order valence-corrected chi connectivity index (χ3v) is 3.31. The van der Waals surface area contributed by atoms with E-state index in [2.05, 4.69) is 0 Å². The van der Waals surface area contributed by atoms with E-state index in [1.54, 1.807) is 0 Å². The van der Waals surface area contributed by atoms with E-state index in [0.29, 0.717) is 0 Å². The summed E-state index contributed by atoms with van der Waals surface area (Å²) in [5, 5.41) is 66.0. The number of hydrogen-bond donors (Lipinski definition) is 7. The molecule has 0 amide bonds. The van der Waals surface area contributed by atoms with Gasteiger partial charge in [-0.3, -0.25) is 4.90 Å². The molecule has 0 saturated carbocycles. The standard InChI is InChI=1S/C9H19NO7/c11-2-1-10-8(17)6(15)5(14)7(16)9(10,3-12)4-13/h5-8,11-17H,1-4H2/t5-,6-,7+,8?/m1/s1. The molecule has 0 aromatic heterocycles. The second-order valence-electron chi connectivity index (χ2n) is 4.18. The van der Waals surface area contributed by atoms with E-state index in [1.165, 1.54) is 0 Å². The Bertz CT molecular complexity index is 247. The van der Waals surface area contributed by atoms with Gasteiger partial charge in [-0.25, -0.2) is 0 Å². The second kappa shape index (κ2) is 5.55. The molecule has 8 heteroatoms. The summed E-state index contributed by atoms with van der Waals surface area (Å²) in [4.78, 5) is 0.981. The molecular weight excluding hydrogens is 234 g/mol. The maximum atomic E-state index is 9.81. The van der Waals surface area contributed by atoms with Crippen molar-refractivity contribution >= 4 is 0 Å². The zero-order valence-electron chi connectivity index (χ0n) is 9.22. The monoisotopic (exact) mass is 253 g/mol. The lowest BCUT2D eigenvalue weighted by Gasteiger charge is -2.53. The van der Waals surface area contributed by atoms with E-state index in [9.17, 15) is 30.6 Å². The molecule has 1 saturated heterocycles. The molecule has 1 heterocycles. The normalized spacial score (nSPS) is 38.3. The van der Waals surface area contributed by atoms with E-state index < -0.39 is 49.9 Å². The fourth-order valence-electron chi connectivity index (χ4n) is 2.18. The van der Waals surface area contributed by atoms with Crippen LogP contribution in [0, 0.1) is 0 Å². The van der Waals surface area contributed by atoms with Gasteiger partial charge in [-0.15, -0.1) is 0 Å². The molecule has 1 fully saturated rings. The number of piperidine rings is 1. The van der Waals surface area contributed by atoms with Crippen molar-refractivity contribution in [2.45, 2.75) is 30.1 Å². The predicted octanol–water partition coefficient (Wildman–Crippen LogP) is -4.58. The maximum absolute atomic E-state index is 9.81. The van der Waals surface area contributed by atoms with Crippen molar-refractivity contribution in [3.05, 3.63) is 0 Å². The number of nitrogens with zero attached hydrogens (tertiary/aromatic N) is 1. The van der Waals surface area contributed by atoms with Gasteiger partial charge in [0.05, 0.1) is 25.4 Å². The molecule has 1 unspecified atom stereocenters. The Kier molecular flexibility index (Phi) is 4.81. The van der Waals surface area contributed by atoms with Crippen LogP contribution in [0.1, 0.15) is 0 Å². The maximum Gasteiger partial charge on any atom is 0.137 e. The number of β-amino-alcohol motifs (C(OH)–C–C–N with tert-alkyl or cyclic N) is 1. The minimum absolute atomic E-state index is 0.177. The van der Waals surface area contributed by atoms with Crippen LogP contribution >= 0.6 is 0 Å². The fraction of sp³-hybridized carbons (Fsp3) is 1.00. The van der Waals surface area contributed by atoms with Crippen LogP contribution in [0.25, 0.3) is 0 Å². The fourth-order valence-corrected chi connectivity index (χ4v) is 2.18. The average Bonchev–Trinajstić information content (AvgIpc) is 2.35. The van der Waals surface area contributed by atoms with E-state index in [0.717, 1.165) is 4.90 Å². The van der Waals surface area contributed by atoms with Crippen molar-refractivity contribution in [2.24, 2.45) is 0 Å². The third-order valence-electron chi connectivity index (χ3n) is 3.31. The van der Waals surface area contributed by atoms with Gasteiger partial charge in [-0.1, -0.05) is 0 Å². The van der Waals surface area contributed by atoms with Crippen LogP contribution in [0.5, 0.6) is 0 Å². The van der Waals surface area contributed by atoms with Crippen molar-refractivity contribution < 1.29 is 35.7 Å². The molecule has 1 aliphatic heterocycles. The lowest BCUT2D eigenvalue weighted by Crippen LogP contribution is -2.76. The highest BCUT2D eigenvalue weighted by atomic mass is 16.4. The Balaban J connectivity index is 3.10. The summed E-state index contributed by atoms with van der Waals surface area (Å²) in [5.74, 6) is 0. The summed E-state index contributed by atoms with van der Waals surface area (Å²) in [6.45, 7) is -2.07. The summed E-state index contributed by atoms with van der Waals surface area (Å²) < 4.78 is 0. The van der Waals surface area contributed by atoms with Crippen molar-refractivity contribution in [1.82, 2.24) is 4.90 Å². The summed E-state index contributed by atoms with van der Waals surface area (Å²) in [6.07, 6.45) is -6.59. The van der Waals surface area contributed by atoms with E-state index >= 15 is 0 Å². The molecule has 1 aliphatic rings. The lowest BCUT2D eigenvalue weighted by atomic mass is 9.81. The topological polar surface area (TPSA) is 145 Å². The SMILES string of the molecule is OCCN1C(O)[C@H](O)[C@@H](O)[C@H](O)C1(CO)CO. The summed E-state index contributed by atoms with van der Waals surface area (Å²) in [7, 11) is 0. The largest absolute Gasteiger partial charge is 0.395 e.